The van der Waals surface area contributed by atoms with Crippen molar-refractivity contribution in [3.63, 3.8) is 0 Å². The minimum Gasteiger partial charge on any atom is -0.465 e. The summed E-state index contributed by atoms with van der Waals surface area (Å²) in [5.74, 6) is -1.10. The van der Waals surface area contributed by atoms with Crippen molar-refractivity contribution in [1.29, 1.82) is 0 Å². The average molecular weight is 448 g/mol. The van der Waals surface area contributed by atoms with E-state index >= 15 is 0 Å². The molecule has 0 aromatic heterocycles. The van der Waals surface area contributed by atoms with Gasteiger partial charge in [-0.2, -0.15) is 0 Å². The predicted molar refractivity (Wildman–Crippen MR) is 127 cm³/mol. The van der Waals surface area contributed by atoms with Gasteiger partial charge < -0.3 is 15.0 Å². The van der Waals surface area contributed by atoms with Crippen LogP contribution in [-0.4, -0.2) is 37.1 Å². The summed E-state index contributed by atoms with van der Waals surface area (Å²) in [5.41, 5.74) is 2.47. The Morgan fingerprint density at radius 3 is 2.16 bits per heavy atom. The molecule has 2 amide bonds. The smallest absolute Gasteiger partial charge is 0.337 e. The fraction of sp³-hybridized carbons (Fsp3) is 0.0833. The maximum atomic E-state index is 12.8. The van der Waals surface area contributed by atoms with Crippen molar-refractivity contribution in [3.8, 4) is 0 Å². The van der Waals surface area contributed by atoms with Gasteiger partial charge in [-0.3, -0.25) is 14.9 Å². The second-order valence-corrected chi connectivity index (χ2v) is 7.17. The molecule has 3 rings (SSSR count). The molecule has 7 nitrogen and oxygen atoms in total. The first kappa shape index (κ1) is 22.6. The van der Waals surface area contributed by atoms with E-state index in [0.717, 1.165) is 5.69 Å². The number of esters is 1. The lowest BCUT2D eigenvalue weighted by molar-refractivity contribution is 0.0600. The van der Waals surface area contributed by atoms with Crippen LogP contribution < -0.4 is 15.5 Å². The van der Waals surface area contributed by atoms with Crippen molar-refractivity contribution >= 4 is 46.5 Å². The molecule has 0 saturated carbocycles. The van der Waals surface area contributed by atoms with E-state index in [4.69, 9.17) is 12.2 Å². The molecule has 0 atom stereocenters. The van der Waals surface area contributed by atoms with E-state index < -0.39 is 11.9 Å². The van der Waals surface area contributed by atoms with Crippen molar-refractivity contribution in [3.05, 3.63) is 95.6 Å². The van der Waals surface area contributed by atoms with E-state index in [1.54, 1.807) is 36.2 Å². The molecule has 2 N–H and O–H groups in total. The summed E-state index contributed by atoms with van der Waals surface area (Å²) in [5, 5.41) is 5.56. The highest BCUT2D eigenvalue weighted by atomic mass is 32.1. The van der Waals surface area contributed by atoms with Crippen LogP contribution in [-0.2, 0) is 4.74 Å². The Balaban J connectivity index is 1.63. The van der Waals surface area contributed by atoms with Gasteiger partial charge in [-0.05, 0) is 66.8 Å². The normalized spacial score (nSPS) is 10.1. The zero-order valence-electron chi connectivity index (χ0n) is 17.5. The summed E-state index contributed by atoms with van der Waals surface area (Å²) < 4.78 is 4.64. The number of hydrogen-bond acceptors (Lipinski definition) is 5. The molecule has 0 bridgehead atoms. The summed E-state index contributed by atoms with van der Waals surface area (Å²) in [4.78, 5) is 38.3. The number of thiocarbonyl (C=S) groups is 1. The number of ether oxygens (including phenoxy) is 1. The van der Waals surface area contributed by atoms with Gasteiger partial charge in [0.25, 0.3) is 11.8 Å². The Bertz CT molecular complexity index is 1150. The summed E-state index contributed by atoms with van der Waals surface area (Å²) in [6, 6.07) is 22.1. The molecule has 0 fully saturated rings. The van der Waals surface area contributed by atoms with Crippen LogP contribution >= 0.6 is 12.2 Å². The van der Waals surface area contributed by atoms with E-state index in [1.807, 2.05) is 30.3 Å². The fourth-order valence-electron chi connectivity index (χ4n) is 2.91. The number of nitrogens with one attached hydrogen (secondary N) is 2. The molecular formula is C24H21N3O4S. The first-order valence-electron chi connectivity index (χ1n) is 9.63. The van der Waals surface area contributed by atoms with Gasteiger partial charge in [0.05, 0.1) is 12.7 Å². The minimum absolute atomic E-state index is 0.0769. The molecule has 0 spiro atoms. The lowest BCUT2D eigenvalue weighted by Gasteiger charge is -2.18. The Labute approximate surface area is 191 Å². The van der Waals surface area contributed by atoms with Gasteiger partial charge in [0.1, 0.15) is 0 Å². The molecular weight excluding hydrogens is 426 g/mol. The fourth-order valence-corrected chi connectivity index (χ4v) is 3.12. The second kappa shape index (κ2) is 10.3. The third-order valence-corrected chi connectivity index (χ3v) is 4.81. The first-order valence-corrected chi connectivity index (χ1v) is 10.0. The van der Waals surface area contributed by atoms with Gasteiger partial charge >= 0.3 is 5.97 Å². The molecule has 0 aliphatic rings. The predicted octanol–water partition coefficient (Wildman–Crippen LogP) is 3.88. The Morgan fingerprint density at radius 1 is 0.844 bits per heavy atom. The number of rotatable bonds is 5. The number of hydrogen-bond donors (Lipinski definition) is 2. The third-order valence-electron chi connectivity index (χ3n) is 4.61. The van der Waals surface area contributed by atoms with Crippen molar-refractivity contribution in [2.45, 2.75) is 0 Å². The van der Waals surface area contributed by atoms with Crippen molar-refractivity contribution < 1.29 is 19.1 Å². The molecule has 0 heterocycles. The zero-order valence-corrected chi connectivity index (χ0v) is 18.3. The number of nitrogens with zero attached hydrogens (tertiary/aromatic N) is 1. The third kappa shape index (κ3) is 5.55. The van der Waals surface area contributed by atoms with E-state index in [9.17, 15) is 14.4 Å². The second-order valence-electron chi connectivity index (χ2n) is 6.76. The number of methoxy groups -OCH3 is 1. The highest BCUT2D eigenvalue weighted by molar-refractivity contribution is 7.80. The van der Waals surface area contributed by atoms with Crippen molar-refractivity contribution in [2.24, 2.45) is 0 Å². The monoisotopic (exact) mass is 447 g/mol. The number of para-hydroxylation sites is 1. The largest absolute Gasteiger partial charge is 0.465 e. The maximum absolute atomic E-state index is 12.8. The van der Waals surface area contributed by atoms with E-state index in [2.05, 4.69) is 15.4 Å². The number of anilines is 2. The highest BCUT2D eigenvalue weighted by Crippen LogP contribution is 2.17. The molecule has 0 radical (unpaired) electrons. The Kier molecular flexibility index (Phi) is 7.30. The van der Waals surface area contributed by atoms with Crippen LogP contribution in [0, 0.1) is 0 Å². The number of amides is 2. The molecule has 0 saturated heterocycles. The van der Waals surface area contributed by atoms with Gasteiger partial charge in [-0.25, -0.2) is 4.79 Å². The van der Waals surface area contributed by atoms with Crippen LogP contribution in [0.2, 0.25) is 0 Å². The summed E-state index contributed by atoms with van der Waals surface area (Å²) in [6.45, 7) is 0. The van der Waals surface area contributed by atoms with Gasteiger partial charge in [0.15, 0.2) is 5.11 Å². The lowest BCUT2D eigenvalue weighted by atomic mass is 10.1. The topological polar surface area (TPSA) is 87.7 Å². The zero-order chi connectivity index (χ0) is 23.1. The molecule has 0 aliphatic heterocycles. The first-order chi connectivity index (χ1) is 15.4. The van der Waals surface area contributed by atoms with Crippen molar-refractivity contribution in [2.75, 3.05) is 24.4 Å². The molecule has 0 aliphatic carbocycles. The number of carbonyl (C=O) groups is 3. The van der Waals surface area contributed by atoms with Crippen LogP contribution in [0.1, 0.15) is 31.1 Å². The molecule has 32 heavy (non-hydrogen) atoms. The van der Waals surface area contributed by atoms with E-state index in [0.29, 0.717) is 22.4 Å². The SMILES string of the molecule is COC(=O)c1ccc(C(=O)NC(=S)Nc2cccc(C(=O)N(C)c3ccccc3)c2)cc1. The number of carbonyl (C=O) groups excluding carboxylic acids is 3. The molecule has 8 heteroatoms. The average Bonchev–Trinajstić information content (AvgIpc) is 2.83. The van der Waals surface area contributed by atoms with E-state index in [1.165, 1.54) is 31.4 Å². The molecule has 162 valence electrons. The van der Waals surface area contributed by atoms with Gasteiger partial charge in [0, 0.05) is 29.5 Å². The summed E-state index contributed by atoms with van der Waals surface area (Å²) in [6.07, 6.45) is 0. The summed E-state index contributed by atoms with van der Waals surface area (Å²) >= 11 is 5.22. The lowest BCUT2D eigenvalue weighted by Crippen LogP contribution is -2.34. The minimum atomic E-state index is -0.485. The van der Waals surface area contributed by atoms with Crippen LogP contribution in [0.25, 0.3) is 0 Å². The van der Waals surface area contributed by atoms with Gasteiger partial charge in [-0.15, -0.1) is 0 Å². The van der Waals surface area contributed by atoms with Crippen LogP contribution in [0.4, 0.5) is 11.4 Å². The van der Waals surface area contributed by atoms with E-state index in [-0.39, 0.29) is 11.0 Å². The van der Waals surface area contributed by atoms with Crippen LogP contribution in [0.15, 0.2) is 78.9 Å². The highest BCUT2D eigenvalue weighted by Gasteiger charge is 2.15. The van der Waals surface area contributed by atoms with Gasteiger partial charge in [-0.1, -0.05) is 24.3 Å². The van der Waals surface area contributed by atoms with Gasteiger partial charge in [0.2, 0.25) is 0 Å². The maximum Gasteiger partial charge on any atom is 0.337 e. The van der Waals surface area contributed by atoms with Crippen LogP contribution in [0.3, 0.4) is 0 Å². The summed E-state index contributed by atoms with van der Waals surface area (Å²) in [7, 11) is 2.99. The van der Waals surface area contributed by atoms with Crippen molar-refractivity contribution in [1.82, 2.24) is 5.32 Å². The number of benzene rings is 3. The van der Waals surface area contributed by atoms with Crippen LogP contribution in [0.5, 0.6) is 0 Å². The standard InChI is InChI=1S/C24H21N3O4S/c1-27(20-9-4-3-5-10-20)22(29)18-7-6-8-19(15-18)25-24(32)26-21(28)16-11-13-17(14-12-16)23(30)31-2/h3-15H,1-2H3,(H2,25,26,28,32). The molecule has 0 unspecified atom stereocenters. The molecule has 3 aromatic rings. The quantitative estimate of drug-likeness (QED) is 0.456. The molecule has 3 aromatic carbocycles. The Morgan fingerprint density at radius 2 is 1.50 bits per heavy atom. The Hall–Kier alpha value is -4.04.